The molecule has 2 amide bonds. The van der Waals surface area contributed by atoms with Gasteiger partial charge in [0.1, 0.15) is 0 Å². The molecule has 0 unspecified atom stereocenters. The van der Waals surface area contributed by atoms with Crippen LogP contribution >= 0.6 is 0 Å². The molecule has 0 aromatic heterocycles. The Morgan fingerprint density at radius 2 is 1.61 bits per heavy atom. The number of benzene rings is 2. The molecule has 0 saturated carbocycles. The van der Waals surface area contributed by atoms with Gasteiger partial charge in [0.25, 0.3) is 11.8 Å². The van der Waals surface area contributed by atoms with E-state index in [0.717, 1.165) is 32.4 Å². The predicted octanol–water partition coefficient (Wildman–Crippen LogP) is 3.74. The van der Waals surface area contributed by atoms with E-state index in [1.165, 1.54) is 0 Å². The fourth-order valence-electron chi connectivity index (χ4n) is 3.18. The molecule has 6 nitrogen and oxygen atoms in total. The van der Waals surface area contributed by atoms with Crippen LogP contribution in [0, 0.1) is 0 Å². The number of nitrogens with one attached hydrogen (secondary N) is 1. The number of esters is 1. The molecule has 28 heavy (non-hydrogen) atoms. The van der Waals surface area contributed by atoms with Crippen molar-refractivity contribution in [1.29, 1.82) is 0 Å². The summed E-state index contributed by atoms with van der Waals surface area (Å²) in [7, 11) is 0. The van der Waals surface area contributed by atoms with Crippen molar-refractivity contribution < 1.29 is 19.1 Å². The minimum atomic E-state index is -0.399. The van der Waals surface area contributed by atoms with Crippen molar-refractivity contribution in [3.63, 3.8) is 0 Å². The van der Waals surface area contributed by atoms with E-state index in [-0.39, 0.29) is 11.8 Å². The van der Waals surface area contributed by atoms with Crippen molar-refractivity contribution in [3.05, 3.63) is 65.2 Å². The molecule has 6 heteroatoms. The molecule has 0 radical (unpaired) electrons. The third-order valence-electron chi connectivity index (χ3n) is 4.67. The number of piperidine rings is 1. The number of hydrogen-bond acceptors (Lipinski definition) is 4. The first-order valence-corrected chi connectivity index (χ1v) is 9.56. The largest absolute Gasteiger partial charge is 0.462 e. The predicted molar refractivity (Wildman–Crippen MR) is 107 cm³/mol. The molecule has 3 rings (SSSR count). The van der Waals surface area contributed by atoms with Gasteiger partial charge in [-0.1, -0.05) is 6.07 Å². The molecular weight excluding hydrogens is 356 g/mol. The monoisotopic (exact) mass is 380 g/mol. The molecule has 1 saturated heterocycles. The SMILES string of the molecule is CCOC(=O)c1ccc(NC(=O)c2cccc(C(=O)N3CCCCC3)c2)cc1. The van der Waals surface area contributed by atoms with Gasteiger partial charge in [0.05, 0.1) is 12.2 Å². The van der Waals surface area contributed by atoms with E-state index >= 15 is 0 Å². The lowest BCUT2D eigenvalue weighted by molar-refractivity contribution is 0.0526. The van der Waals surface area contributed by atoms with Crippen LogP contribution in [0.15, 0.2) is 48.5 Å². The van der Waals surface area contributed by atoms with E-state index in [1.807, 2.05) is 4.90 Å². The Morgan fingerprint density at radius 3 is 2.29 bits per heavy atom. The van der Waals surface area contributed by atoms with Gasteiger partial charge in [-0.3, -0.25) is 9.59 Å². The van der Waals surface area contributed by atoms with Gasteiger partial charge in [0, 0.05) is 29.9 Å². The number of hydrogen-bond donors (Lipinski definition) is 1. The summed E-state index contributed by atoms with van der Waals surface area (Å²) in [5, 5.41) is 2.79. The van der Waals surface area contributed by atoms with Gasteiger partial charge >= 0.3 is 5.97 Å². The van der Waals surface area contributed by atoms with Gasteiger partial charge in [-0.15, -0.1) is 0 Å². The van der Waals surface area contributed by atoms with E-state index in [2.05, 4.69) is 5.32 Å². The molecule has 146 valence electrons. The van der Waals surface area contributed by atoms with Crippen molar-refractivity contribution in [2.24, 2.45) is 0 Å². The third-order valence-corrected chi connectivity index (χ3v) is 4.67. The van der Waals surface area contributed by atoms with Crippen molar-refractivity contribution in [2.75, 3.05) is 25.0 Å². The highest BCUT2D eigenvalue weighted by molar-refractivity contribution is 6.06. The second-order valence-electron chi connectivity index (χ2n) is 6.69. The average molecular weight is 380 g/mol. The maximum absolute atomic E-state index is 12.6. The molecule has 1 heterocycles. The summed E-state index contributed by atoms with van der Waals surface area (Å²) in [6.45, 7) is 3.59. The van der Waals surface area contributed by atoms with Crippen LogP contribution < -0.4 is 5.32 Å². The molecule has 0 aliphatic carbocycles. The fourth-order valence-corrected chi connectivity index (χ4v) is 3.18. The molecular formula is C22H24N2O4. The summed E-state index contributed by atoms with van der Waals surface area (Å²) in [4.78, 5) is 38.7. The van der Waals surface area contributed by atoms with Crippen molar-refractivity contribution >= 4 is 23.5 Å². The number of anilines is 1. The van der Waals surface area contributed by atoms with Gasteiger partial charge in [0.15, 0.2) is 0 Å². The van der Waals surface area contributed by atoms with Gasteiger partial charge in [-0.2, -0.15) is 0 Å². The minimum absolute atomic E-state index is 0.0341. The fraction of sp³-hybridized carbons (Fsp3) is 0.318. The number of nitrogens with zero attached hydrogens (tertiary/aromatic N) is 1. The van der Waals surface area contributed by atoms with Gasteiger partial charge in [-0.25, -0.2) is 4.79 Å². The molecule has 2 aromatic carbocycles. The summed E-state index contributed by atoms with van der Waals surface area (Å²) in [6, 6.07) is 13.2. The Morgan fingerprint density at radius 1 is 0.929 bits per heavy atom. The molecule has 1 fully saturated rings. The first-order valence-electron chi connectivity index (χ1n) is 9.56. The lowest BCUT2D eigenvalue weighted by Crippen LogP contribution is -2.35. The molecule has 1 N–H and O–H groups in total. The highest BCUT2D eigenvalue weighted by Gasteiger charge is 2.19. The third kappa shape index (κ3) is 4.76. The number of likely N-dealkylation sites (tertiary alicyclic amines) is 1. The summed E-state index contributed by atoms with van der Waals surface area (Å²) >= 11 is 0. The van der Waals surface area contributed by atoms with Crippen LogP contribution in [0.1, 0.15) is 57.3 Å². The molecule has 0 spiro atoms. The second kappa shape index (κ2) is 9.17. The van der Waals surface area contributed by atoms with Crippen LogP contribution in [0.2, 0.25) is 0 Å². The van der Waals surface area contributed by atoms with Crippen molar-refractivity contribution in [3.8, 4) is 0 Å². The standard InChI is InChI=1S/C22H24N2O4/c1-2-28-22(27)16-9-11-19(12-10-16)23-20(25)17-7-6-8-18(15-17)21(26)24-13-4-3-5-14-24/h6-12,15H,2-5,13-14H2,1H3,(H,23,25). The zero-order chi connectivity index (χ0) is 19.9. The number of ether oxygens (including phenoxy) is 1. The van der Waals surface area contributed by atoms with E-state index in [9.17, 15) is 14.4 Å². The maximum atomic E-state index is 12.6. The number of carbonyl (C=O) groups is 3. The number of carbonyl (C=O) groups excluding carboxylic acids is 3. The quantitative estimate of drug-likeness (QED) is 0.802. The zero-order valence-corrected chi connectivity index (χ0v) is 15.9. The molecule has 0 atom stereocenters. The average Bonchev–Trinajstić information content (AvgIpc) is 2.74. The normalized spacial score (nSPS) is 13.7. The van der Waals surface area contributed by atoms with Crippen molar-refractivity contribution in [1.82, 2.24) is 4.90 Å². The van der Waals surface area contributed by atoms with Gasteiger partial charge in [0.2, 0.25) is 0 Å². The topological polar surface area (TPSA) is 75.7 Å². The smallest absolute Gasteiger partial charge is 0.338 e. The molecule has 2 aromatic rings. The zero-order valence-electron chi connectivity index (χ0n) is 15.9. The summed E-state index contributed by atoms with van der Waals surface area (Å²) < 4.78 is 4.94. The van der Waals surface area contributed by atoms with Crippen LogP contribution in [0.25, 0.3) is 0 Å². The lowest BCUT2D eigenvalue weighted by Gasteiger charge is -2.26. The van der Waals surface area contributed by atoms with E-state index in [4.69, 9.17) is 4.74 Å². The van der Waals surface area contributed by atoms with Crippen LogP contribution in [0.4, 0.5) is 5.69 Å². The Kier molecular flexibility index (Phi) is 6.42. The summed E-state index contributed by atoms with van der Waals surface area (Å²) in [5.74, 6) is -0.741. The second-order valence-corrected chi connectivity index (χ2v) is 6.69. The minimum Gasteiger partial charge on any atom is -0.462 e. The molecule has 1 aliphatic heterocycles. The molecule has 0 bridgehead atoms. The van der Waals surface area contributed by atoms with Gasteiger partial charge < -0.3 is 15.0 Å². The first-order chi connectivity index (χ1) is 13.6. The Bertz CT molecular complexity index is 855. The highest BCUT2D eigenvalue weighted by atomic mass is 16.5. The van der Waals surface area contributed by atoms with Crippen LogP contribution in [0.5, 0.6) is 0 Å². The Balaban J connectivity index is 1.67. The Labute approximate surface area is 164 Å². The highest BCUT2D eigenvalue weighted by Crippen LogP contribution is 2.16. The maximum Gasteiger partial charge on any atom is 0.338 e. The van der Waals surface area contributed by atoms with Gasteiger partial charge in [-0.05, 0) is 68.7 Å². The van der Waals surface area contributed by atoms with E-state index in [1.54, 1.807) is 55.5 Å². The van der Waals surface area contributed by atoms with Crippen LogP contribution in [-0.2, 0) is 4.74 Å². The number of rotatable bonds is 5. The molecule has 1 aliphatic rings. The van der Waals surface area contributed by atoms with E-state index in [0.29, 0.717) is 29.0 Å². The summed E-state index contributed by atoms with van der Waals surface area (Å²) in [5.41, 5.74) is 1.92. The van der Waals surface area contributed by atoms with Crippen LogP contribution in [0.3, 0.4) is 0 Å². The Hall–Kier alpha value is -3.15. The van der Waals surface area contributed by atoms with E-state index < -0.39 is 5.97 Å². The first kappa shape index (κ1) is 19.6. The lowest BCUT2D eigenvalue weighted by atomic mass is 10.1. The van der Waals surface area contributed by atoms with Crippen molar-refractivity contribution in [2.45, 2.75) is 26.2 Å². The number of amides is 2. The van der Waals surface area contributed by atoms with Crippen LogP contribution in [-0.4, -0.2) is 42.4 Å². The summed E-state index contributed by atoms with van der Waals surface area (Å²) in [6.07, 6.45) is 3.20.